The van der Waals surface area contributed by atoms with E-state index in [1.54, 1.807) is 36.5 Å². The molecule has 2 atom stereocenters. The second-order valence-corrected chi connectivity index (χ2v) is 10.4. The highest BCUT2D eigenvalue weighted by Gasteiger charge is 2.46. The summed E-state index contributed by atoms with van der Waals surface area (Å²) in [5.41, 5.74) is 2.29. The van der Waals surface area contributed by atoms with Crippen LogP contribution in [0.3, 0.4) is 0 Å². The van der Waals surface area contributed by atoms with Crippen LogP contribution < -0.4 is 11.0 Å². The van der Waals surface area contributed by atoms with Crippen LogP contribution in [0.25, 0.3) is 0 Å². The van der Waals surface area contributed by atoms with Crippen molar-refractivity contribution in [3.63, 3.8) is 0 Å². The quantitative estimate of drug-likeness (QED) is 0.262. The van der Waals surface area contributed by atoms with E-state index in [0.29, 0.717) is 18.7 Å². The van der Waals surface area contributed by atoms with Gasteiger partial charge in [0.05, 0.1) is 18.2 Å². The largest absolute Gasteiger partial charge is 0.394 e. The first-order chi connectivity index (χ1) is 21.1. The SMILES string of the molecule is O=C(Nc1ccn(C2CN(C(c3ccccc3)(c3ccccc3)c3ccccc3)CC(CO)O2)c(=O)n1)c1ccccc1. The Morgan fingerprint density at radius 2 is 1.30 bits per heavy atom. The molecular formula is C35H32N4O4. The number of aromatic nitrogens is 2. The van der Waals surface area contributed by atoms with Gasteiger partial charge in [0, 0.05) is 24.8 Å². The third kappa shape index (κ3) is 5.63. The summed E-state index contributed by atoms with van der Waals surface area (Å²) in [6.45, 7) is 0.514. The average Bonchev–Trinajstić information content (AvgIpc) is 3.07. The molecular weight excluding hydrogens is 540 g/mol. The number of aliphatic hydroxyl groups excluding tert-OH is 1. The molecule has 0 bridgehead atoms. The fraction of sp³-hybridized carbons (Fsp3) is 0.171. The number of nitrogens with one attached hydrogen (secondary N) is 1. The molecule has 1 aromatic heterocycles. The fourth-order valence-corrected chi connectivity index (χ4v) is 5.91. The molecule has 0 radical (unpaired) electrons. The molecule has 8 nitrogen and oxygen atoms in total. The van der Waals surface area contributed by atoms with Gasteiger partial charge in [0.1, 0.15) is 5.82 Å². The van der Waals surface area contributed by atoms with Crippen molar-refractivity contribution >= 4 is 11.7 Å². The van der Waals surface area contributed by atoms with E-state index in [2.05, 4.69) is 51.6 Å². The van der Waals surface area contributed by atoms with E-state index in [-0.39, 0.29) is 18.3 Å². The van der Waals surface area contributed by atoms with Crippen LogP contribution in [0.15, 0.2) is 138 Å². The number of carbonyl (C=O) groups is 1. The fourth-order valence-electron chi connectivity index (χ4n) is 5.91. The number of ether oxygens (including phenoxy) is 1. The van der Waals surface area contributed by atoms with E-state index in [1.807, 2.05) is 60.7 Å². The van der Waals surface area contributed by atoms with Gasteiger partial charge >= 0.3 is 5.69 Å². The van der Waals surface area contributed by atoms with E-state index in [4.69, 9.17) is 4.74 Å². The average molecular weight is 573 g/mol. The van der Waals surface area contributed by atoms with Gasteiger partial charge in [0.15, 0.2) is 6.23 Å². The van der Waals surface area contributed by atoms with Crippen LogP contribution in [-0.2, 0) is 10.3 Å². The lowest BCUT2D eigenvalue weighted by molar-refractivity contribution is -0.150. The van der Waals surface area contributed by atoms with Crippen molar-refractivity contribution in [1.82, 2.24) is 14.5 Å². The normalized spacial score (nSPS) is 17.3. The second kappa shape index (κ2) is 12.5. The molecule has 1 amide bonds. The molecule has 1 aliphatic rings. The number of hydrogen-bond acceptors (Lipinski definition) is 6. The predicted octanol–water partition coefficient (Wildman–Crippen LogP) is 4.68. The molecule has 1 saturated heterocycles. The summed E-state index contributed by atoms with van der Waals surface area (Å²) in [5, 5.41) is 13.1. The molecule has 8 heteroatoms. The number of anilines is 1. The smallest absolute Gasteiger partial charge is 0.351 e. The number of benzene rings is 4. The third-order valence-electron chi connectivity index (χ3n) is 7.82. The number of aliphatic hydroxyl groups is 1. The number of morpholine rings is 1. The zero-order valence-corrected chi connectivity index (χ0v) is 23.5. The van der Waals surface area contributed by atoms with E-state index < -0.39 is 23.6 Å². The van der Waals surface area contributed by atoms with Crippen LogP contribution in [-0.4, -0.2) is 51.3 Å². The number of carbonyl (C=O) groups excluding carboxylic acids is 1. The summed E-state index contributed by atoms with van der Waals surface area (Å²) in [7, 11) is 0. The summed E-state index contributed by atoms with van der Waals surface area (Å²) in [6, 6.07) is 41.1. The van der Waals surface area contributed by atoms with Gasteiger partial charge in [-0.25, -0.2) is 4.79 Å². The number of hydrogen-bond donors (Lipinski definition) is 2. The van der Waals surface area contributed by atoms with Crippen molar-refractivity contribution in [2.75, 3.05) is 25.0 Å². The van der Waals surface area contributed by atoms with Gasteiger partial charge in [0.25, 0.3) is 5.91 Å². The molecule has 0 saturated carbocycles. The van der Waals surface area contributed by atoms with Gasteiger partial charge in [-0.05, 0) is 34.9 Å². The summed E-state index contributed by atoms with van der Waals surface area (Å²) < 4.78 is 7.69. The third-order valence-corrected chi connectivity index (χ3v) is 7.82. The number of amides is 1. The molecule has 5 aromatic rings. The van der Waals surface area contributed by atoms with Gasteiger partial charge in [-0.15, -0.1) is 0 Å². The minimum Gasteiger partial charge on any atom is -0.394 e. The maximum Gasteiger partial charge on any atom is 0.351 e. The minimum atomic E-state index is -0.750. The number of nitrogens with zero attached hydrogens (tertiary/aromatic N) is 3. The van der Waals surface area contributed by atoms with Crippen molar-refractivity contribution < 1.29 is 14.6 Å². The summed E-state index contributed by atoms with van der Waals surface area (Å²) in [4.78, 5) is 32.4. The molecule has 0 aliphatic carbocycles. The molecule has 1 aliphatic heterocycles. The van der Waals surface area contributed by atoms with Crippen LogP contribution in [0.1, 0.15) is 33.3 Å². The predicted molar refractivity (Wildman–Crippen MR) is 165 cm³/mol. The van der Waals surface area contributed by atoms with Crippen molar-refractivity contribution in [1.29, 1.82) is 0 Å². The monoisotopic (exact) mass is 572 g/mol. The van der Waals surface area contributed by atoms with E-state index >= 15 is 0 Å². The zero-order chi connectivity index (χ0) is 29.6. The van der Waals surface area contributed by atoms with E-state index in [1.165, 1.54) is 4.57 Å². The Morgan fingerprint density at radius 3 is 1.79 bits per heavy atom. The highest BCUT2D eigenvalue weighted by atomic mass is 16.5. The second-order valence-electron chi connectivity index (χ2n) is 10.4. The van der Waals surface area contributed by atoms with Gasteiger partial charge < -0.3 is 15.2 Å². The molecule has 4 aromatic carbocycles. The topological polar surface area (TPSA) is 96.7 Å². The molecule has 216 valence electrons. The molecule has 1 fully saturated rings. The Hall–Kier alpha value is -4.89. The minimum absolute atomic E-state index is 0.147. The highest BCUT2D eigenvalue weighted by molar-refractivity contribution is 6.03. The maximum absolute atomic E-state index is 13.4. The Kier molecular flexibility index (Phi) is 8.24. The van der Waals surface area contributed by atoms with Gasteiger partial charge in [0.2, 0.25) is 0 Å². The summed E-state index contributed by atoms with van der Waals surface area (Å²) in [6.07, 6.45) is 0.257. The molecule has 2 unspecified atom stereocenters. The first-order valence-electron chi connectivity index (χ1n) is 14.2. The Labute approximate surface area is 249 Å². The summed E-state index contributed by atoms with van der Waals surface area (Å²) in [5.74, 6) is -0.210. The molecule has 43 heavy (non-hydrogen) atoms. The Balaban J connectivity index is 1.41. The standard InChI is InChI=1S/C35H32N4O4/c40-25-30-23-38(24-32(43-30)39-22-21-31(37-34(39)42)36-33(41)26-13-5-1-6-14-26)35(27-15-7-2-8-16-27,28-17-9-3-10-18-28)29-19-11-4-12-20-29/h1-22,30,32,40H,23-25H2,(H,36,37,41,42). The van der Waals surface area contributed by atoms with Crippen molar-refractivity contribution in [3.05, 3.63) is 166 Å². The molecule has 0 spiro atoms. The number of rotatable bonds is 8. The molecule has 2 heterocycles. The first kappa shape index (κ1) is 28.2. The van der Waals surface area contributed by atoms with Crippen molar-refractivity contribution in [3.8, 4) is 0 Å². The van der Waals surface area contributed by atoms with E-state index in [0.717, 1.165) is 16.7 Å². The maximum atomic E-state index is 13.4. The Bertz CT molecular complexity index is 1620. The lowest BCUT2D eigenvalue weighted by Gasteiger charge is -2.50. The first-order valence-corrected chi connectivity index (χ1v) is 14.2. The van der Waals surface area contributed by atoms with Crippen LogP contribution in [0, 0.1) is 0 Å². The molecule has 2 N–H and O–H groups in total. The van der Waals surface area contributed by atoms with E-state index in [9.17, 15) is 14.7 Å². The lowest BCUT2D eigenvalue weighted by atomic mass is 9.75. The summed E-state index contributed by atoms with van der Waals surface area (Å²) >= 11 is 0. The van der Waals surface area contributed by atoms with Gasteiger partial charge in [-0.3, -0.25) is 14.3 Å². The highest BCUT2D eigenvalue weighted by Crippen LogP contribution is 2.44. The van der Waals surface area contributed by atoms with Gasteiger partial charge in [-0.2, -0.15) is 4.98 Å². The molecule has 6 rings (SSSR count). The van der Waals surface area contributed by atoms with Crippen LogP contribution >= 0.6 is 0 Å². The Morgan fingerprint density at radius 1 is 0.791 bits per heavy atom. The van der Waals surface area contributed by atoms with Crippen molar-refractivity contribution in [2.24, 2.45) is 0 Å². The van der Waals surface area contributed by atoms with Crippen LogP contribution in [0.5, 0.6) is 0 Å². The van der Waals surface area contributed by atoms with Crippen LogP contribution in [0.4, 0.5) is 5.82 Å². The van der Waals surface area contributed by atoms with Crippen molar-refractivity contribution in [2.45, 2.75) is 17.9 Å². The lowest BCUT2D eigenvalue weighted by Crippen LogP contribution is -2.58. The van der Waals surface area contributed by atoms with Crippen LogP contribution in [0.2, 0.25) is 0 Å². The zero-order valence-electron chi connectivity index (χ0n) is 23.5. The van der Waals surface area contributed by atoms with Gasteiger partial charge in [-0.1, -0.05) is 109 Å².